The van der Waals surface area contributed by atoms with E-state index in [1.54, 1.807) is 0 Å². The Kier molecular flexibility index (Phi) is 18.0. The van der Waals surface area contributed by atoms with Crippen molar-refractivity contribution in [2.75, 3.05) is 14.1 Å². The molecule has 10 heteroatoms. The van der Waals surface area contributed by atoms with Crippen LogP contribution >= 0.6 is 0 Å². The topological polar surface area (TPSA) is 136 Å². The second-order valence-electron chi connectivity index (χ2n) is 3.17. The fourth-order valence-corrected chi connectivity index (χ4v) is 0.949. The summed E-state index contributed by atoms with van der Waals surface area (Å²) in [5.74, 6) is 0. The normalized spacial score (nSPS) is 7.95. The van der Waals surface area contributed by atoms with Crippen molar-refractivity contribution in [3.63, 3.8) is 0 Å². The first-order valence-corrected chi connectivity index (χ1v) is 4.57. The van der Waals surface area contributed by atoms with Crippen molar-refractivity contribution in [2.24, 2.45) is 0 Å². The van der Waals surface area contributed by atoms with Crippen LogP contribution in [0.5, 0.6) is 0 Å². The summed E-state index contributed by atoms with van der Waals surface area (Å²) in [4.78, 5) is 18.7. The molecule has 0 unspecified atom stereocenters. The van der Waals surface area contributed by atoms with Gasteiger partial charge in [-0.15, -0.1) is 0 Å². The molecule has 0 fully saturated rings. The summed E-state index contributed by atoms with van der Waals surface area (Å²) in [7, 11) is 4.15. The standard InChI is InChI=1S/C9H13N.Ca.2NO3/c1-10(2)8-9-6-4-3-5-7-9;;2*2-1(3)4/h3-7H,8H2,1-2H3;;;/q;+2;2*-1. The molecule has 1 rings (SSSR count). The van der Waals surface area contributed by atoms with Crippen molar-refractivity contribution in [3.8, 4) is 0 Å². The first-order chi connectivity index (χ1) is 8.25. The number of benzene rings is 1. The van der Waals surface area contributed by atoms with Crippen LogP contribution in [0.25, 0.3) is 0 Å². The molecule has 0 radical (unpaired) electrons. The molecular weight excluding hydrogens is 286 g/mol. The zero-order chi connectivity index (χ0) is 14.6. The molecule has 1 aromatic rings. The Morgan fingerprint density at radius 1 is 0.947 bits per heavy atom. The van der Waals surface area contributed by atoms with E-state index < -0.39 is 10.2 Å². The molecule has 9 nitrogen and oxygen atoms in total. The predicted molar refractivity (Wildman–Crippen MR) is 70.3 cm³/mol. The van der Waals surface area contributed by atoms with Gasteiger partial charge in [-0.1, -0.05) is 30.3 Å². The largest absolute Gasteiger partial charge is 2.00 e. The number of hydrogen-bond donors (Lipinski definition) is 0. The van der Waals surface area contributed by atoms with Gasteiger partial charge in [0.1, 0.15) is 0 Å². The van der Waals surface area contributed by atoms with E-state index >= 15 is 0 Å². The summed E-state index contributed by atoms with van der Waals surface area (Å²) in [5, 5.41) is 29.5. The maximum atomic E-state index is 8.25. The second kappa shape index (κ2) is 14.9. The first-order valence-electron chi connectivity index (χ1n) is 4.57. The molecule has 0 aliphatic carbocycles. The van der Waals surface area contributed by atoms with E-state index in [0.717, 1.165) is 6.54 Å². The van der Waals surface area contributed by atoms with Gasteiger partial charge < -0.3 is 35.5 Å². The molecule has 0 atom stereocenters. The van der Waals surface area contributed by atoms with Gasteiger partial charge >= 0.3 is 37.7 Å². The number of nitrogens with zero attached hydrogens (tertiary/aromatic N) is 3. The van der Waals surface area contributed by atoms with E-state index in [4.69, 9.17) is 30.6 Å². The number of rotatable bonds is 2. The Morgan fingerprint density at radius 2 is 1.26 bits per heavy atom. The SMILES string of the molecule is CN(C)Cc1ccccc1.O=[N+]([O-])[O-].O=[N+]([O-])[O-].[Ca+2]. The fourth-order valence-electron chi connectivity index (χ4n) is 0.949. The van der Waals surface area contributed by atoms with Gasteiger partial charge in [0, 0.05) is 6.54 Å². The minimum atomic E-state index is -1.75. The van der Waals surface area contributed by atoms with Gasteiger partial charge in [-0.3, -0.25) is 0 Å². The zero-order valence-corrected chi connectivity index (χ0v) is 12.8. The van der Waals surface area contributed by atoms with E-state index in [1.807, 2.05) is 6.07 Å². The van der Waals surface area contributed by atoms with Crippen LogP contribution in [0.3, 0.4) is 0 Å². The Hall–Kier alpha value is -1.16. The molecule has 0 aliphatic heterocycles. The van der Waals surface area contributed by atoms with Crippen LogP contribution < -0.4 is 0 Å². The minimum absolute atomic E-state index is 0. The van der Waals surface area contributed by atoms with Crippen LogP contribution in [-0.2, 0) is 6.54 Å². The van der Waals surface area contributed by atoms with Gasteiger partial charge in [0.2, 0.25) is 0 Å². The Bertz CT molecular complexity index is 329. The average molecular weight is 299 g/mol. The van der Waals surface area contributed by atoms with Gasteiger partial charge in [-0.05, 0) is 19.7 Å². The van der Waals surface area contributed by atoms with Crippen molar-refractivity contribution in [3.05, 3.63) is 66.5 Å². The summed E-state index contributed by atoms with van der Waals surface area (Å²) in [6, 6.07) is 10.5. The molecule has 0 heterocycles. The van der Waals surface area contributed by atoms with E-state index in [1.165, 1.54) is 5.56 Å². The summed E-state index contributed by atoms with van der Waals surface area (Å²) in [5.41, 5.74) is 1.37. The predicted octanol–water partition coefficient (Wildman–Crippen LogP) is 0.889. The van der Waals surface area contributed by atoms with Crippen molar-refractivity contribution < 1.29 is 10.2 Å². The molecule has 0 N–H and O–H groups in total. The summed E-state index contributed by atoms with van der Waals surface area (Å²) >= 11 is 0. The Balaban J connectivity index is -0.000000242. The molecular formula is C9H13CaN3O6. The summed E-state index contributed by atoms with van der Waals surface area (Å²) in [6.45, 7) is 1.03. The molecule has 102 valence electrons. The summed E-state index contributed by atoms with van der Waals surface area (Å²) in [6.07, 6.45) is 0. The smallest absolute Gasteiger partial charge is 0.356 e. The molecule has 19 heavy (non-hydrogen) atoms. The van der Waals surface area contributed by atoms with Crippen LogP contribution in [0.4, 0.5) is 0 Å². The monoisotopic (exact) mass is 299 g/mol. The Labute approximate surface area is 139 Å². The van der Waals surface area contributed by atoms with Crippen LogP contribution in [0.15, 0.2) is 30.3 Å². The molecule has 0 bridgehead atoms. The molecule has 1 aromatic carbocycles. The van der Waals surface area contributed by atoms with Gasteiger partial charge in [-0.2, -0.15) is 0 Å². The maximum Gasteiger partial charge on any atom is 2.00 e. The van der Waals surface area contributed by atoms with E-state index in [9.17, 15) is 0 Å². The molecule has 0 amide bonds. The van der Waals surface area contributed by atoms with E-state index in [-0.39, 0.29) is 37.7 Å². The van der Waals surface area contributed by atoms with Crippen molar-refractivity contribution in [1.29, 1.82) is 0 Å². The van der Waals surface area contributed by atoms with Crippen LogP contribution in [0, 0.1) is 30.6 Å². The van der Waals surface area contributed by atoms with Crippen molar-refractivity contribution >= 4 is 37.7 Å². The zero-order valence-electron chi connectivity index (χ0n) is 10.6. The molecule has 0 spiro atoms. The summed E-state index contributed by atoms with van der Waals surface area (Å²) < 4.78 is 0. The van der Waals surface area contributed by atoms with Crippen molar-refractivity contribution in [1.82, 2.24) is 4.90 Å². The maximum absolute atomic E-state index is 8.25. The van der Waals surface area contributed by atoms with Gasteiger partial charge in [-0.25, -0.2) is 0 Å². The first kappa shape index (κ1) is 23.0. The van der Waals surface area contributed by atoms with Crippen molar-refractivity contribution in [2.45, 2.75) is 6.54 Å². The van der Waals surface area contributed by atoms with Gasteiger partial charge in [0.25, 0.3) is 0 Å². The average Bonchev–Trinajstić information content (AvgIpc) is 2.16. The third-order valence-corrected chi connectivity index (χ3v) is 1.34. The molecule has 0 aromatic heterocycles. The quantitative estimate of drug-likeness (QED) is 0.449. The fraction of sp³-hybridized carbons (Fsp3) is 0.333. The molecule has 0 saturated carbocycles. The molecule has 0 aliphatic rings. The van der Waals surface area contributed by atoms with Crippen LogP contribution in [-0.4, -0.2) is 66.9 Å². The van der Waals surface area contributed by atoms with E-state index in [0.29, 0.717) is 0 Å². The second-order valence-corrected chi connectivity index (χ2v) is 3.17. The van der Waals surface area contributed by atoms with Gasteiger partial charge in [0.05, 0.1) is 10.2 Å². The Morgan fingerprint density at radius 3 is 1.53 bits per heavy atom. The van der Waals surface area contributed by atoms with Crippen LogP contribution in [0.1, 0.15) is 5.56 Å². The third-order valence-electron chi connectivity index (χ3n) is 1.34. The van der Waals surface area contributed by atoms with E-state index in [2.05, 4.69) is 43.3 Å². The minimum Gasteiger partial charge on any atom is -0.356 e. The van der Waals surface area contributed by atoms with Crippen LogP contribution in [0.2, 0.25) is 0 Å². The number of hydrogen-bond acceptors (Lipinski definition) is 7. The molecule has 0 saturated heterocycles. The third kappa shape index (κ3) is 31.6. The van der Waals surface area contributed by atoms with Gasteiger partial charge in [0.15, 0.2) is 0 Å².